The number of furan rings is 1. The van der Waals surface area contributed by atoms with E-state index in [2.05, 4.69) is 55.9 Å². The molecule has 1 aromatic carbocycles. The van der Waals surface area contributed by atoms with Crippen molar-refractivity contribution in [2.45, 2.75) is 19.4 Å². The van der Waals surface area contributed by atoms with Crippen LogP contribution in [-0.2, 0) is 6.42 Å². The molecular weight excluding hydrogens is 360 g/mol. The molecule has 0 saturated heterocycles. The van der Waals surface area contributed by atoms with Gasteiger partial charge in [-0.2, -0.15) is 0 Å². The number of nitrogens with zero attached hydrogens (tertiary/aromatic N) is 1. The van der Waals surface area contributed by atoms with Gasteiger partial charge in [0.05, 0.1) is 23.0 Å². The Morgan fingerprint density at radius 1 is 1.27 bits per heavy atom. The lowest BCUT2D eigenvalue weighted by Gasteiger charge is -2.17. The highest BCUT2D eigenvalue weighted by Gasteiger charge is 2.16. The predicted octanol–water partition coefficient (Wildman–Crippen LogP) is 4.73. The Morgan fingerprint density at radius 3 is 2.73 bits per heavy atom. The van der Waals surface area contributed by atoms with Gasteiger partial charge in [-0.25, -0.2) is 4.98 Å². The SMILES string of the molecule is Cc1nc(CCN[C@H](c2ccc(Br)cc2)c2ccco2)cs1. The lowest BCUT2D eigenvalue weighted by atomic mass is 10.0. The van der Waals surface area contributed by atoms with Gasteiger partial charge >= 0.3 is 0 Å². The van der Waals surface area contributed by atoms with Crippen LogP contribution >= 0.6 is 27.3 Å². The van der Waals surface area contributed by atoms with Crippen molar-refractivity contribution in [2.24, 2.45) is 0 Å². The van der Waals surface area contributed by atoms with E-state index in [-0.39, 0.29) is 6.04 Å². The zero-order valence-electron chi connectivity index (χ0n) is 12.3. The van der Waals surface area contributed by atoms with Crippen molar-refractivity contribution in [3.8, 4) is 0 Å². The monoisotopic (exact) mass is 376 g/mol. The fraction of sp³-hybridized carbons (Fsp3) is 0.235. The van der Waals surface area contributed by atoms with Crippen LogP contribution in [0, 0.1) is 6.92 Å². The smallest absolute Gasteiger partial charge is 0.125 e. The minimum atomic E-state index is 0.0582. The molecule has 1 atom stereocenters. The Balaban J connectivity index is 1.70. The van der Waals surface area contributed by atoms with Gasteiger partial charge in [-0.1, -0.05) is 28.1 Å². The molecule has 0 unspecified atom stereocenters. The molecule has 2 aromatic heterocycles. The molecule has 22 heavy (non-hydrogen) atoms. The molecule has 1 N–H and O–H groups in total. The third-order valence-electron chi connectivity index (χ3n) is 3.43. The van der Waals surface area contributed by atoms with Gasteiger partial charge in [-0.15, -0.1) is 11.3 Å². The average Bonchev–Trinajstić information content (AvgIpc) is 3.17. The summed E-state index contributed by atoms with van der Waals surface area (Å²) in [6, 6.07) is 12.3. The fourth-order valence-corrected chi connectivity index (χ4v) is 3.27. The Hall–Kier alpha value is -1.43. The molecule has 0 saturated carbocycles. The second-order valence-electron chi connectivity index (χ2n) is 5.06. The highest BCUT2D eigenvalue weighted by Crippen LogP contribution is 2.24. The quantitative estimate of drug-likeness (QED) is 0.675. The van der Waals surface area contributed by atoms with E-state index >= 15 is 0 Å². The van der Waals surface area contributed by atoms with E-state index in [9.17, 15) is 0 Å². The van der Waals surface area contributed by atoms with E-state index in [0.717, 1.165) is 33.9 Å². The molecule has 3 aromatic rings. The molecule has 5 heteroatoms. The number of hydrogen-bond acceptors (Lipinski definition) is 4. The first kappa shape index (κ1) is 15.5. The molecule has 0 fully saturated rings. The fourth-order valence-electron chi connectivity index (χ4n) is 2.36. The summed E-state index contributed by atoms with van der Waals surface area (Å²) >= 11 is 5.17. The number of aryl methyl sites for hydroxylation is 1. The van der Waals surface area contributed by atoms with Gasteiger partial charge in [0, 0.05) is 22.8 Å². The zero-order valence-corrected chi connectivity index (χ0v) is 14.7. The summed E-state index contributed by atoms with van der Waals surface area (Å²) < 4.78 is 6.68. The van der Waals surface area contributed by atoms with Crippen LogP contribution < -0.4 is 5.32 Å². The molecule has 0 bridgehead atoms. The second-order valence-corrected chi connectivity index (χ2v) is 7.04. The number of halogens is 1. The first-order valence-corrected chi connectivity index (χ1v) is 8.83. The van der Waals surface area contributed by atoms with Crippen molar-refractivity contribution >= 4 is 27.3 Å². The van der Waals surface area contributed by atoms with Gasteiger partial charge in [0.1, 0.15) is 5.76 Å². The molecule has 0 aliphatic rings. The standard InChI is InChI=1S/C17H17BrN2OS/c1-12-20-15(11-22-12)8-9-19-17(16-3-2-10-21-16)13-4-6-14(18)7-5-13/h2-7,10-11,17,19H,8-9H2,1H3/t17-/m1/s1. The number of thiazole rings is 1. The molecule has 0 radical (unpaired) electrons. The number of rotatable bonds is 6. The van der Waals surface area contributed by atoms with Crippen LogP contribution in [0.25, 0.3) is 0 Å². The van der Waals surface area contributed by atoms with E-state index in [1.54, 1.807) is 17.6 Å². The summed E-state index contributed by atoms with van der Waals surface area (Å²) in [5.41, 5.74) is 2.33. The molecule has 0 aliphatic carbocycles. The summed E-state index contributed by atoms with van der Waals surface area (Å²) in [7, 11) is 0. The van der Waals surface area contributed by atoms with Gasteiger partial charge in [0.25, 0.3) is 0 Å². The minimum absolute atomic E-state index is 0.0582. The lowest BCUT2D eigenvalue weighted by Crippen LogP contribution is -2.24. The molecule has 0 amide bonds. The highest BCUT2D eigenvalue weighted by atomic mass is 79.9. The maximum atomic E-state index is 5.60. The van der Waals surface area contributed by atoms with E-state index in [1.807, 2.05) is 19.1 Å². The van der Waals surface area contributed by atoms with Crippen molar-refractivity contribution in [2.75, 3.05) is 6.54 Å². The first-order valence-electron chi connectivity index (χ1n) is 7.15. The number of aromatic nitrogens is 1. The van der Waals surface area contributed by atoms with E-state index in [0.29, 0.717) is 0 Å². The zero-order chi connectivity index (χ0) is 15.4. The van der Waals surface area contributed by atoms with Crippen LogP contribution in [0.2, 0.25) is 0 Å². The van der Waals surface area contributed by atoms with Gasteiger partial charge < -0.3 is 9.73 Å². The van der Waals surface area contributed by atoms with Gasteiger partial charge in [0.15, 0.2) is 0 Å². The Kier molecular flexibility index (Phi) is 5.08. The van der Waals surface area contributed by atoms with Crippen LogP contribution in [0.3, 0.4) is 0 Å². The number of nitrogens with one attached hydrogen (secondary N) is 1. The Labute approximate surface area is 142 Å². The van der Waals surface area contributed by atoms with E-state index in [1.165, 1.54) is 5.56 Å². The van der Waals surface area contributed by atoms with Crippen LogP contribution in [0.5, 0.6) is 0 Å². The van der Waals surface area contributed by atoms with Crippen LogP contribution in [0.4, 0.5) is 0 Å². The van der Waals surface area contributed by atoms with Crippen molar-refractivity contribution in [3.05, 3.63) is 74.5 Å². The molecule has 0 aliphatic heterocycles. The van der Waals surface area contributed by atoms with Crippen LogP contribution in [-0.4, -0.2) is 11.5 Å². The van der Waals surface area contributed by atoms with Gasteiger partial charge in [0.2, 0.25) is 0 Å². The summed E-state index contributed by atoms with van der Waals surface area (Å²) in [5, 5.41) is 6.81. The van der Waals surface area contributed by atoms with Crippen LogP contribution in [0.15, 0.2) is 56.9 Å². The summed E-state index contributed by atoms with van der Waals surface area (Å²) in [5.74, 6) is 0.928. The van der Waals surface area contributed by atoms with Crippen molar-refractivity contribution in [1.82, 2.24) is 10.3 Å². The summed E-state index contributed by atoms with van der Waals surface area (Å²) in [6.07, 6.45) is 2.63. The summed E-state index contributed by atoms with van der Waals surface area (Å²) in [6.45, 7) is 2.89. The minimum Gasteiger partial charge on any atom is -0.467 e. The topological polar surface area (TPSA) is 38.1 Å². The number of benzene rings is 1. The van der Waals surface area contributed by atoms with Crippen molar-refractivity contribution in [3.63, 3.8) is 0 Å². The number of hydrogen-bond donors (Lipinski definition) is 1. The highest BCUT2D eigenvalue weighted by molar-refractivity contribution is 9.10. The average molecular weight is 377 g/mol. The van der Waals surface area contributed by atoms with Gasteiger partial charge in [-0.3, -0.25) is 0 Å². The van der Waals surface area contributed by atoms with Gasteiger partial charge in [-0.05, 0) is 36.8 Å². The normalized spacial score (nSPS) is 12.5. The van der Waals surface area contributed by atoms with E-state index < -0.39 is 0 Å². The molecule has 3 rings (SSSR count). The molecular formula is C17H17BrN2OS. The Morgan fingerprint density at radius 2 is 2.09 bits per heavy atom. The second kappa shape index (κ2) is 7.22. The first-order chi connectivity index (χ1) is 10.7. The summed E-state index contributed by atoms with van der Waals surface area (Å²) in [4.78, 5) is 4.50. The third-order valence-corrected chi connectivity index (χ3v) is 4.78. The lowest BCUT2D eigenvalue weighted by molar-refractivity contribution is 0.447. The maximum Gasteiger partial charge on any atom is 0.125 e. The predicted molar refractivity (Wildman–Crippen MR) is 93.3 cm³/mol. The maximum absolute atomic E-state index is 5.60. The van der Waals surface area contributed by atoms with Crippen LogP contribution in [0.1, 0.15) is 28.1 Å². The molecule has 114 valence electrons. The largest absolute Gasteiger partial charge is 0.467 e. The molecule has 0 spiro atoms. The van der Waals surface area contributed by atoms with Crippen molar-refractivity contribution < 1.29 is 4.42 Å². The molecule has 2 heterocycles. The third kappa shape index (κ3) is 3.85. The Bertz CT molecular complexity index is 707. The van der Waals surface area contributed by atoms with Crippen molar-refractivity contribution in [1.29, 1.82) is 0 Å². The molecule has 3 nitrogen and oxygen atoms in total. The van der Waals surface area contributed by atoms with E-state index in [4.69, 9.17) is 4.42 Å².